The number of alkyl halides is 2. The Morgan fingerprint density at radius 2 is 2.13 bits per heavy atom. The Kier molecular flexibility index (Phi) is 5.51. The quantitative estimate of drug-likeness (QED) is 0.541. The molecule has 0 spiro atoms. The number of halogens is 2. The third-order valence-corrected chi connectivity index (χ3v) is 6.08. The van der Waals surface area contributed by atoms with Gasteiger partial charge in [-0.3, -0.25) is 4.68 Å². The maximum Gasteiger partial charge on any atom is 0.272 e. The van der Waals surface area contributed by atoms with Crippen LogP contribution in [0.4, 0.5) is 8.78 Å². The summed E-state index contributed by atoms with van der Waals surface area (Å²) >= 11 is 0. The predicted molar refractivity (Wildman–Crippen MR) is 114 cm³/mol. The van der Waals surface area contributed by atoms with E-state index in [0.717, 1.165) is 23.2 Å². The molecule has 0 bridgehead atoms. The van der Waals surface area contributed by atoms with Gasteiger partial charge in [-0.1, -0.05) is 32.1 Å². The number of aromatic nitrogens is 3. The summed E-state index contributed by atoms with van der Waals surface area (Å²) in [6, 6.07) is 1.92. The van der Waals surface area contributed by atoms with Crippen molar-refractivity contribution in [3.63, 3.8) is 0 Å². The number of pyridine rings is 1. The van der Waals surface area contributed by atoms with Gasteiger partial charge in [0, 0.05) is 29.4 Å². The van der Waals surface area contributed by atoms with Crippen molar-refractivity contribution in [1.29, 1.82) is 0 Å². The summed E-state index contributed by atoms with van der Waals surface area (Å²) in [5.74, 6) is 1.17. The second-order valence-corrected chi connectivity index (χ2v) is 9.21. The minimum absolute atomic E-state index is 0.0944. The van der Waals surface area contributed by atoms with E-state index in [0.29, 0.717) is 12.5 Å². The van der Waals surface area contributed by atoms with Crippen LogP contribution in [0, 0.1) is 18.3 Å². The van der Waals surface area contributed by atoms with Gasteiger partial charge in [0.15, 0.2) is 6.61 Å². The first-order valence-electron chi connectivity index (χ1n) is 10.5. The van der Waals surface area contributed by atoms with E-state index in [1.165, 1.54) is 24.0 Å². The van der Waals surface area contributed by atoms with Gasteiger partial charge in [-0.25, -0.2) is 13.8 Å². The van der Waals surface area contributed by atoms with Gasteiger partial charge >= 0.3 is 0 Å². The average molecular weight is 414 g/mol. The fourth-order valence-corrected chi connectivity index (χ4v) is 4.48. The Morgan fingerprint density at radius 1 is 1.37 bits per heavy atom. The highest BCUT2D eigenvalue weighted by Gasteiger charge is 2.40. The summed E-state index contributed by atoms with van der Waals surface area (Å²) in [4.78, 5) is 4.22. The van der Waals surface area contributed by atoms with Crippen LogP contribution >= 0.6 is 0 Å². The first kappa shape index (κ1) is 20.8. The normalized spacial score (nSPS) is 20.1. The molecule has 1 unspecified atom stereocenters. The molecular formula is C24H29F2N3O. The second kappa shape index (κ2) is 7.97. The highest BCUT2D eigenvalue weighted by Crippen LogP contribution is 2.52. The van der Waals surface area contributed by atoms with E-state index in [9.17, 15) is 8.78 Å². The zero-order valence-corrected chi connectivity index (χ0v) is 17.9. The minimum atomic E-state index is -2.51. The molecule has 4 nitrogen and oxygen atoms in total. The van der Waals surface area contributed by atoms with Gasteiger partial charge in [-0.05, 0) is 55.2 Å². The van der Waals surface area contributed by atoms with Gasteiger partial charge in [0.05, 0.1) is 12.2 Å². The van der Waals surface area contributed by atoms with E-state index < -0.39 is 13.0 Å². The van der Waals surface area contributed by atoms with Crippen LogP contribution in [-0.2, 0) is 6.54 Å². The molecule has 0 amide bonds. The lowest BCUT2D eigenvalue weighted by atomic mass is 9.69. The maximum atomic E-state index is 12.4. The molecule has 0 saturated heterocycles. The first-order chi connectivity index (χ1) is 14.2. The van der Waals surface area contributed by atoms with Crippen molar-refractivity contribution in [2.24, 2.45) is 11.3 Å². The summed E-state index contributed by atoms with van der Waals surface area (Å²) in [5.41, 5.74) is 5.37. The van der Waals surface area contributed by atoms with Crippen molar-refractivity contribution in [2.45, 2.75) is 58.9 Å². The van der Waals surface area contributed by atoms with Crippen molar-refractivity contribution < 1.29 is 13.5 Å². The number of aryl methyl sites for hydroxylation is 1. The Labute approximate surface area is 176 Å². The van der Waals surface area contributed by atoms with E-state index in [2.05, 4.69) is 43.8 Å². The minimum Gasteiger partial charge on any atom is -0.471 e. The highest BCUT2D eigenvalue weighted by molar-refractivity contribution is 5.54. The van der Waals surface area contributed by atoms with Crippen molar-refractivity contribution in [3.05, 3.63) is 59.1 Å². The number of nitrogens with zero attached hydrogens (tertiary/aromatic N) is 3. The van der Waals surface area contributed by atoms with Crippen LogP contribution in [0.3, 0.4) is 0 Å². The van der Waals surface area contributed by atoms with Crippen LogP contribution in [-0.4, -0.2) is 27.8 Å². The van der Waals surface area contributed by atoms with Crippen LogP contribution in [0.25, 0.3) is 6.08 Å². The molecule has 1 saturated carbocycles. The fraction of sp³-hybridized carbons (Fsp3) is 0.500. The summed E-state index contributed by atoms with van der Waals surface area (Å²) < 4.78 is 31.8. The molecule has 2 aliphatic rings. The third kappa shape index (κ3) is 4.32. The number of rotatable bonds is 7. The van der Waals surface area contributed by atoms with Crippen molar-refractivity contribution in [2.75, 3.05) is 6.61 Å². The molecule has 0 aliphatic heterocycles. The highest BCUT2D eigenvalue weighted by atomic mass is 19.3. The number of allylic oxidation sites excluding steroid dienone is 2. The van der Waals surface area contributed by atoms with Crippen LogP contribution < -0.4 is 4.74 Å². The lowest BCUT2D eigenvalue weighted by Crippen LogP contribution is -2.23. The summed E-state index contributed by atoms with van der Waals surface area (Å²) in [7, 11) is 0. The number of hydrogen-bond donors (Lipinski definition) is 0. The second-order valence-electron chi connectivity index (χ2n) is 9.21. The standard InChI is InChI=1S/C24H29F2N3O/c1-15-10-17(11-27-23(15)30-14-21(25)26)12-29-13-19-20(28-29)6-5-9-24(3,4)22(19)16(2)18-7-8-18/h5-6,10-11,13,18,21-22H,2,7-9,12,14H2,1,3-4H3. The Morgan fingerprint density at radius 3 is 2.80 bits per heavy atom. The topological polar surface area (TPSA) is 39.9 Å². The number of hydrogen-bond acceptors (Lipinski definition) is 3. The Balaban J connectivity index is 1.58. The van der Waals surface area contributed by atoms with Crippen LogP contribution in [0.2, 0.25) is 0 Å². The molecule has 6 heteroatoms. The molecule has 1 atom stereocenters. The van der Waals surface area contributed by atoms with E-state index in [1.54, 1.807) is 6.20 Å². The van der Waals surface area contributed by atoms with Crippen LogP contribution in [0.15, 0.2) is 36.7 Å². The average Bonchev–Trinajstić information content (AvgIpc) is 3.45. The Bertz CT molecular complexity index is 973. The van der Waals surface area contributed by atoms with Crippen molar-refractivity contribution in [1.82, 2.24) is 14.8 Å². The Hall–Kier alpha value is -2.50. The van der Waals surface area contributed by atoms with Crippen LogP contribution in [0.1, 0.15) is 61.4 Å². The monoisotopic (exact) mass is 413 g/mol. The molecule has 0 radical (unpaired) electrons. The fourth-order valence-electron chi connectivity index (χ4n) is 4.48. The number of ether oxygens (including phenoxy) is 1. The molecule has 2 aliphatic carbocycles. The van der Waals surface area contributed by atoms with Gasteiger partial charge in [0.1, 0.15) is 0 Å². The smallest absolute Gasteiger partial charge is 0.272 e. The molecule has 2 heterocycles. The van der Waals surface area contributed by atoms with E-state index >= 15 is 0 Å². The lowest BCUT2D eigenvalue weighted by Gasteiger charge is -2.34. The predicted octanol–water partition coefficient (Wildman–Crippen LogP) is 5.77. The summed E-state index contributed by atoms with van der Waals surface area (Å²) in [6.07, 6.45) is 9.13. The van der Waals surface area contributed by atoms with Gasteiger partial charge in [-0.2, -0.15) is 5.10 Å². The van der Waals surface area contributed by atoms with Gasteiger partial charge < -0.3 is 4.74 Å². The first-order valence-corrected chi connectivity index (χ1v) is 10.5. The van der Waals surface area contributed by atoms with Crippen molar-refractivity contribution in [3.8, 4) is 5.88 Å². The molecule has 2 aromatic rings. The van der Waals surface area contributed by atoms with Crippen LogP contribution in [0.5, 0.6) is 5.88 Å². The largest absolute Gasteiger partial charge is 0.471 e. The lowest BCUT2D eigenvalue weighted by molar-refractivity contribution is 0.0792. The van der Waals surface area contributed by atoms with Crippen molar-refractivity contribution >= 4 is 6.08 Å². The SMILES string of the molecule is C=C(C1CC1)C1c2cn(Cc3cnc(OCC(F)F)c(C)c3)nc2C=CCC1(C)C. The molecule has 30 heavy (non-hydrogen) atoms. The molecular weight excluding hydrogens is 384 g/mol. The molecule has 160 valence electrons. The summed E-state index contributed by atoms with van der Waals surface area (Å²) in [5, 5.41) is 4.83. The zero-order valence-electron chi connectivity index (χ0n) is 17.9. The third-order valence-electron chi connectivity index (χ3n) is 6.08. The van der Waals surface area contributed by atoms with Gasteiger partial charge in [0.25, 0.3) is 6.43 Å². The van der Waals surface area contributed by atoms with Gasteiger partial charge in [0.2, 0.25) is 5.88 Å². The molecule has 1 fully saturated rings. The summed E-state index contributed by atoms with van der Waals surface area (Å²) in [6.45, 7) is 10.8. The number of fused-ring (bicyclic) bond motifs is 1. The molecule has 2 aromatic heterocycles. The van der Waals surface area contributed by atoms with E-state index in [1.807, 2.05) is 17.7 Å². The molecule has 4 rings (SSSR count). The zero-order chi connectivity index (χ0) is 21.5. The van der Waals surface area contributed by atoms with Gasteiger partial charge in [-0.15, -0.1) is 0 Å². The molecule has 0 N–H and O–H groups in total. The molecule has 0 aromatic carbocycles. The van der Waals surface area contributed by atoms with E-state index in [4.69, 9.17) is 9.84 Å². The van der Waals surface area contributed by atoms with E-state index in [-0.39, 0.29) is 17.2 Å². The maximum absolute atomic E-state index is 12.4.